The average molecular weight is 381 g/mol. The number of nitrogens with zero attached hydrogens (tertiary/aromatic N) is 5. The van der Waals surface area contributed by atoms with Gasteiger partial charge in [-0.05, 0) is 30.5 Å². The molecule has 0 bridgehead atoms. The van der Waals surface area contributed by atoms with E-state index in [0.717, 1.165) is 69.8 Å². The third-order valence-corrected chi connectivity index (χ3v) is 6.48. The molecule has 28 heavy (non-hydrogen) atoms. The predicted molar refractivity (Wildman–Crippen MR) is 108 cm³/mol. The van der Waals surface area contributed by atoms with Crippen molar-refractivity contribution in [3.05, 3.63) is 53.1 Å². The first-order valence-electron chi connectivity index (χ1n) is 10.6. The van der Waals surface area contributed by atoms with Gasteiger partial charge in [-0.25, -0.2) is 14.4 Å². The molecule has 0 spiro atoms. The van der Waals surface area contributed by atoms with Crippen molar-refractivity contribution in [3.63, 3.8) is 0 Å². The molecule has 1 saturated carbocycles. The molecule has 1 saturated heterocycles. The summed E-state index contributed by atoms with van der Waals surface area (Å²) < 4.78 is 13.4. The molecule has 1 aromatic carbocycles. The number of halogens is 1. The normalized spacial score (nSPS) is 21.4. The van der Waals surface area contributed by atoms with Crippen LogP contribution in [0, 0.1) is 5.82 Å². The van der Waals surface area contributed by atoms with E-state index in [4.69, 9.17) is 4.98 Å². The molecule has 0 amide bonds. The summed E-state index contributed by atoms with van der Waals surface area (Å²) in [5.41, 5.74) is 3.41. The van der Waals surface area contributed by atoms with Gasteiger partial charge in [-0.1, -0.05) is 18.6 Å². The van der Waals surface area contributed by atoms with Gasteiger partial charge in [-0.15, -0.1) is 0 Å². The molecule has 2 aliphatic heterocycles. The van der Waals surface area contributed by atoms with Crippen LogP contribution in [-0.2, 0) is 19.5 Å². The summed E-state index contributed by atoms with van der Waals surface area (Å²) in [7, 11) is 0. The Balaban J connectivity index is 1.21. The van der Waals surface area contributed by atoms with Gasteiger partial charge in [0.15, 0.2) is 0 Å². The van der Waals surface area contributed by atoms with Gasteiger partial charge in [0.05, 0.1) is 5.69 Å². The number of fused-ring (bicyclic) bond motifs is 1. The van der Waals surface area contributed by atoms with E-state index in [1.54, 1.807) is 12.1 Å². The van der Waals surface area contributed by atoms with Crippen molar-refractivity contribution in [1.29, 1.82) is 0 Å². The molecule has 0 unspecified atom stereocenters. The zero-order valence-electron chi connectivity index (χ0n) is 16.4. The lowest BCUT2D eigenvalue weighted by Gasteiger charge is -2.43. The third kappa shape index (κ3) is 3.76. The van der Waals surface area contributed by atoms with Crippen LogP contribution in [0.4, 0.5) is 10.3 Å². The Morgan fingerprint density at radius 1 is 1.07 bits per heavy atom. The fourth-order valence-corrected chi connectivity index (χ4v) is 4.58. The summed E-state index contributed by atoms with van der Waals surface area (Å²) in [5, 5.41) is 0. The number of hydrogen-bond donors (Lipinski definition) is 0. The first-order chi connectivity index (χ1) is 13.7. The van der Waals surface area contributed by atoms with E-state index in [9.17, 15) is 4.39 Å². The highest BCUT2D eigenvalue weighted by molar-refractivity contribution is 5.35. The van der Waals surface area contributed by atoms with Gasteiger partial charge >= 0.3 is 0 Å². The van der Waals surface area contributed by atoms with Crippen LogP contribution in [0.3, 0.4) is 0 Å². The van der Waals surface area contributed by atoms with E-state index in [0.29, 0.717) is 0 Å². The predicted octanol–water partition coefficient (Wildman–Crippen LogP) is 2.85. The standard InChI is InChI=1S/C22H28FN5/c23-19-4-1-3-17(13-19)15-26-8-7-21-18(16-26)14-24-22(25-21)28-11-9-27(10-12-28)20-5-2-6-20/h1,3-4,13-14,20H,2,5-12,15-16H2. The van der Waals surface area contributed by atoms with Gasteiger partial charge in [0.1, 0.15) is 5.82 Å². The second-order valence-corrected chi connectivity index (χ2v) is 8.34. The molecule has 0 atom stereocenters. The van der Waals surface area contributed by atoms with Crippen LogP contribution in [0.5, 0.6) is 0 Å². The Bertz CT molecular complexity index is 829. The van der Waals surface area contributed by atoms with Gasteiger partial charge in [-0.2, -0.15) is 0 Å². The maximum absolute atomic E-state index is 13.4. The molecule has 6 heteroatoms. The SMILES string of the molecule is Fc1cccc(CN2CCc3nc(N4CCN(C5CCC5)CC4)ncc3C2)c1. The van der Waals surface area contributed by atoms with Crippen LogP contribution in [0.25, 0.3) is 0 Å². The zero-order valence-corrected chi connectivity index (χ0v) is 16.4. The minimum atomic E-state index is -0.166. The smallest absolute Gasteiger partial charge is 0.225 e. The number of piperazine rings is 1. The molecule has 5 nitrogen and oxygen atoms in total. The van der Waals surface area contributed by atoms with Gasteiger partial charge in [-0.3, -0.25) is 9.80 Å². The molecule has 2 aromatic rings. The minimum Gasteiger partial charge on any atom is -0.338 e. The highest BCUT2D eigenvalue weighted by Crippen LogP contribution is 2.27. The Morgan fingerprint density at radius 2 is 1.93 bits per heavy atom. The third-order valence-electron chi connectivity index (χ3n) is 6.48. The lowest BCUT2D eigenvalue weighted by Crippen LogP contribution is -2.52. The second kappa shape index (κ2) is 7.76. The van der Waals surface area contributed by atoms with Crippen molar-refractivity contribution in [1.82, 2.24) is 19.8 Å². The average Bonchev–Trinajstić information content (AvgIpc) is 2.67. The van der Waals surface area contributed by atoms with Crippen molar-refractivity contribution in [3.8, 4) is 0 Å². The van der Waals surface area contributed by atoms with Gasteiger partial charge in [0.2, 0.25) is 5.95 Å². The fourth-order valence-electron chi connectivity index (χ4n) is 4.58. The lowest BCUT2D eigenvalue weighted by atomic mass is 9.91. The first-order valence-corrected chi connectivity index (χ1v) is 10.6. The molecular weight excluding hydrogens is 353 g/mol. The lowest BCUT2D eigenvalue weighted by molar-refractivity contribution is 0.120. The van der Waals surface area contributed by atoms with E-state index >= 15 is 0 Å². The van der Waals surface area contributed by atoms with Crippen molar-refractivity contribution in [2.75, 3.05) is 37.6 Å². The molecule has 1 aromatic heterocycles. The molecular formula is C22H28FN5. The van der Waals surface area contributed by atoms with E-state index in [1.807, 2.05) is 12.3 Å². The minimum absolute atomic E-state index is 0.166. The molecule has 1 aliphatic carbocycles. The van der Waals surface area contributed by atoms with Crippen molar-refractivity contribution < 1.29 is 4.39 Å². The highest BCUT2D eigenvalue weighted by Gasteiger charge is 2.29. The second-order valence-electron chi connectivity index (χ2n) is 8.34. The van der Waals surface area contributed by atoms with Crippen LogP contribution in [-0.4, -0.2) is 58.5 Å². The molecule has 3 heterocycles. The summed E-state index contributed by atoms with van der Waals surface area (Å²) in [6.45, 7) is 6.88. The summed E-state index contributed by atoms with van der Waals surface area (Å²) >= 11 is 0. The molecule has 2 fully saturated rings. The summed E-state index contributed by atoms with van der Waals surface area (Å²) in [6.07, 6.45) is 7.09. The maximum atomic E-state index is 13.4. The highest BCUT2D eigenvalue weighted by atomic mass is 19.1. The van der Waals surface area contributed by atoms with Crippen LogP contribution < -0.4 is 4.90 Å². The molecule has 3 aliphatic rings. The Labute approximate surface area is 166 Å². The van der Waals surface area contributed by atoms with Crippen LogP contribution in [0.1, 0.15) is 36.1 Å². The number of aromatic nitrogens is 2. The van der Waals surface area contributed by atoms with E-state index in [-0.39, 0.29) is 5.82 Å². The largest absolute Gasteiger partial charge is 0.338 e. The molecule has 148 valence electrons. The molecule has 5 rings (SSSR count). The number of benzene rings is 1. The Kier molecular flexibility index (Phi) is 4.99. The Morgan fingerprint density at radius 3 is 2.68 bits per heavy atom. The summed E-state index contributed by atoms with van der Waals surface area (Å²) in [6, 6.07) is 7.72. The zero-order chi connectivity index (χ0) is 18.9. The number of hydrogen-bond acceptors (Lipinski definition) is 5. The summed E-state index contributed by atoms with van der Waals surface area (Å²) in [4.78, 5) is 16.9. The fraction of sp³-hybridized carbons (Fsp3) is 0.545. The number of rotatable bonds is 4. The van der Waals surface area contributed by atoms with Crippen LogP contribution in [0.15, 0.2) is 30.5 Å². The van der Waals surface area contributed by atoms with Crippen molar-refractivity contribution in [2.24, 2.45) is 0 Å². The maximum Gasteiger partial charge on any atom is 0.225 e. The number of anilines is 1. The monoisotopic (exact) mass is 381 g/mol. The van der Waals surface area contributed by atoms with Crippen molar-refractivity contribution >= 4 is 5.95 Å². The topological polar surface area (TPSA) is 35.5 Å². The quantitative estimate of drug-likeness (QED) is 0.814. The summed E-state index contributed by atoms with van der Waals surface area (Å²) in [5.74, 6) is 0.728. The van der Waals surface area contributed by atoms with E-state index in [2.05, 4.69) is 19.7 Å². The van der Waals surface area contributed by atoms with E-state index in [1.165, 1.54) is 36.6 Å². The van der Waals surface area contributed by atoms with Crippen molar-refractivity contribution in [2.45, 2.75) is 44.8 Å². The molecule has 0 N–H and O–H groups in total. The van der Waals surface area contributed by atoms with Crippen LogP contribution in [0.2, 0.25) is 0 Å². The van der Waals surface area contributed by atoms with E-state index < -0.39 is 0 Å². The van der Waals surface area contributed by atoms with Gasteiger partial charge in [0, 0.05) is 70.0 Å². The van der Waals surface area contributed by atoms with Crippen LogP contribution >= 0.6 is 0 Å². The van der Waals surface area contributed by atoms with Gasteiger partial charge < -0.3 is 4.90 Å². The van der Waals surface area contributed by atoms with Gasteiger partial charge in [0.25, 0.3) is 0 Å². The Hall–Kier alpha value is -2.05. The molecule has 0 radical (unpaired) electrons. The first kappa shape index (κ1) is 18.0.